The largest absolute Gasteiger partial charge is 0.371 e. The number of carbonyl (C=O) groups excluding carboxylic acids is 1. The summed E-state index contributed by atoms with van der Waals surface area (Å²) in [7, 11) is -3.67. The zero-order valence-corrected chi connectivity index (χ0v) is 17.7. The summed E-state index contributed by atoms with van der Waals surface area (Å²) in [6, 6.07) is 6.64. The van der Waals surface area contributed by atoms with E-state index in [1.165, 1.54) is 6.42 Å². The minimum atomic E-state index is -3.67. The molecule has 2 unspecified atom stereocenters. The van der Waals surface area contributed by atoms with Crippen molar-refractivity contribution in [3.05, 3.63) is 23.2 Å². The Labute approximate surface area is 176 Å². The number of anilines is 1. The van der Waals surface area contributed by atoms with Gasteiger partial charge in [0.15, 0.2) is 9.84 Å². The van der Waals surface area contributed by atoms with Crippen LogP contribution in [-0.2, 0) is 14.6 Å². The molecule has 0 radical (unpaired) electrons. The molecule has 2 N–H and O–H groups in total. The van der Waals surface area contributed by atoms with Crippen LogP contribution >= 0.6 is 11.6 Å². The van der Waals surface area contributed by atoms with Crippen LogP contribution in [0.5, 0.6) is 0 Å². The summed E-state index contributed by atoms with van der Waals surface area (Å²) < 4.78 is 26.3. The zero-order chi connectivity index (χ0) is 20.6. The molecule has 1 saturated carbocycles. The Balaban J connectivity index is 1.46. The molecule has 29 heavy (non-hydrogen) atoms. The Bertz CT molecular complexity index is 949. The molecule has 0 bridgehead atoms. The molecule has 9 heteroatoms. The van der Waals surface area contributed by atoms with Crippen molar-refractivity contribution >= 4 is 33.0 Å². The summed E-state index contributed by atoms with van der Waals surface area (Å²) in [6.07, 6.45) is 4.92. The van der Waals surface area contributed by atoms with Crippen LogP contribution < -0.4 is 15.5 Å². The van der Waals surface area contributed by atoms with Gasteiger partial charge in [-0.15, -0.1) is 0 Å². The Morgan fingerprint density at radius 3 is 2.62 bits per heavy atom. The highest BCUT2D eigenvalue weighted by molar-refractivity contribution is 7.92. The summed E-state index contributed by atoms with van der Waals surface area (Å²) in [5.41, 5.74) is 0.185. The van der Waals surface area contributed by atoms with Gasteiger partial charge in [0.05, 0.1) is 27.3 Å². The van der Waals surface area contributed by atoms with Gasteiger partial charge in [-0.1, -0.05) is 11.6 Å². The molecule has 7 nitrogen and oxygen atoms in total. The van der Waals surface area contributed by atoms with Gasteiger partial charge in [-0.3, -0.25) is 4.79 Å². The lowest BCUT2D eigenvalue weighted by atomic mass is 10.1. The number of rotatable bonds is 5. The van der Waals surface area contributed by atoms with E-state index in [-0.39, 0.29) is 28.8 Å². The average molecular weight is 437 g/mol. The standard InChI is InChI=1S/C20H25ClN4O3S/c21-16-10-14(25-8-2-1-3-9-25)4-5-18(16)29(27,28)15-11-17(23-12-15)19(26)24-20(13-22)6-7-20/h4-5,10,15,17,23H,1-3,6-9,11-12H2,(H,24,26). The molecule has 1 amide bonds. The Kier molecular flexibility index (Phi) is 5.49. The molecule has 3 fully saturated rings. The number of amides is 1. The molecule has 1 aliphatic carbocycles. The van der Waals surface area contributed by atoms with Gasteiger partial charge >= 0.3 is 0 Å². The van der Waals surface area contributed by atoms with E-state index < -0.39 is 26.7 Å². The number of carbonyl (C=O) groups is 1. The molecule has 0 spiro atoms. The number of sulfone groups is 1. The fourth-order valence-corrected chi connectivity index (χ4v) is 6.31. The van der Waals surface area contributed by atoms with E-state index in [2.05, 4.69) is 21.6 Å². The van der Waals surface area contributed by atoms with Crippen molar-refractivity contribution in [2.75, 3.05) is 24.5 Å². The summed E-state index contributed by atoms with van der Waals surface area (Å²) >= 11 is 6.38. The SMILES string of the molecule is N#CC1(NC(=O)C2CC(S(=O)(=O)c3ccc(N4CCCCC4)cc3Cl)CN2)CC1. The van der Waals surface area contributed by atoms with Crippen LogP contribution in [0.1, 0.15) is 38.5 Å². The first kappa shape index (κ1) is 20.5. The summed E-state index contributed by atoms with van der Waals surface area (Å²) in [5.74, 6) is -0.312. The topological polar surface area (TPSA) is 102 Å². The van der Waals surface area contributed by atoms with Crippen LogP contribution in [0.3, 0.4) is 0 Å². The molecule has 1 aromatic rings. The molecule has 4 rings (SSSR count). The quantitative estimate of drug-likeness (QED) is 0.731. The highest BCUT2D eigenvalue weighted by atomic mass is 35.5. The zero-order valence-electron chi connectivity index (χ0n) is 16.2. The highest BCUT2D eigenvalue weighted by Gasteiger charge is 2.47. The molecule has 2 atom stereocenters. The van der Waals surface area contributed by atoms with Gasteiger partial charge in [0.2, 0.25) is 5.91 Å². The molecule has 2 heterocycles. The van der Waals surface area contributed by atoms with E-state index in [1.54, 1.807) is 12.1 Å². The van der Waals surface area contributed by atoms with Crippen LogP contribution in [0.25, 0.3) is 0 Å². The molecule has 3 aliphatic rings. The first-order valence-corrected chi connectivity index (χ1v) is 12.0. The number of nitriles is 1. The predicted molar refractivity (Wildman–Crippen MR) is 111 cm³/mol. The molecule has 1 aromatic carbocycles. The van der Waals surface area contributed by atoms with E-state index in [0.29, 0.717) is 12.8 Å². The Morgan fingerprint density at radius 1 is 1.28 bits per heavy atom. The molecular weight excluding hydrogens is 412 g/mol. The predicted octanol–water partition coefficient (Wildman–Crippen LogP) is 2.01. The van der Waals surface area contributed by atoms with Crippen molar-refractivity contribution in [1.82, 2.24) is 10.6 Å². The van der Waals surface area contributed by atoms with Crippen molar-refractivity contribution in [3.63, 3.8) is 0 Å². The summed E-state index contributed by atoms with van der Waals surface area (Å²) in [4.78, 5) is 14.7. The van der Waals surface area contributed by atoms with Gasteiger partial charge in [-0.2, -0.15) is 5.26 Å². The fraction of sp³-hybridized carbons (Fsp3) is 0.600. The molecular formula is C20H25ClN4O3S. The number of benzene rings is 1. The molecule has 0 aromatic heterocycles. The number of piperidine rings is 1. The van der Waals surface area contributed by atoms with E-state index in [1.807, 2.05) is 6.07 Å². The third-order valence-electron chi connectivity index (χ3n) is 6.12. The Hall–Kier alpha value is -1.82. The second-order valence-electron chi connectivity index (χ2n) is 8.21. The second kappa shape index (κ2) is 7.78. The van der Waals surface area contributed by atoms with Crippen molar-refractivity contribution in [1.29, 1.82) is 5.26 Å². The van der Waals surface area contributed by atoms with Gasteiger partial charge in [-0.05, 0) is 56.7 Å². The van der Waals surface area contributed by atoms with Crippen LogP contribution in [-0.4, -0.2) is 50.8 Å². The van der Waals surface area contributed by atoms with Crippen LogP contribution in [0.2, 0.25) is 5.02 Å². The fourth-order valence-electron chi connectivity index (χ4n) is 4.10. The normalized spacial score (nSPS) is 26.0. The van der Waals surface area contributed by atoms with Gasteiger partial charge in [-0.25, -0.2) is 8.42 Å². The second-order valence-corrected chi connectivity index (χ2v) is 10.8. The van der Waals surface area contributed by atoms with Crippen LogP contribution in [0.15, 0.2) is 23.1 Å². The lowest BCUT2D eigenvalue weighted by Gasteiger charge is -2.29. The minimum absolute atomic E-state index is 0.114. The van der Waals surface area contributed by atoms with Crippen molar-refractivity contribution in [3.8, 4) is 6.07 Å². The first-order valence-electron chi connectivity index (χ1n) is 10.1. The van der Waals surface area contributed by atoms with Gasteiger partial charge in [0, 0.05) is 25.3 Å². The van der Waals surface area contributed by atoms with Gasteiger partial charge in [0.25, 0.3) is 0 Å². The number of hydrogen-bond acceptors (Lipinski definition) is 6. The highest BCUT2D eigenvalue weighted by Crippen LogP contribution is 2.35. The van der Waals surface area contributed by atoms with Crippen molar-refractivity contribution in [2.24, 2.45) is 0 Å². The summed E-state index contributed by atoms with van der Waals surface area (Å²) in [5, 5.41) is 14.3. The number of nitrogens with one attached hydrogen (secondary N) is 2. The summed E-state index contributed by atoms with van der Waals surface area (Å²) in [6.45, 7) is 2.09. The van der Waals surface area contributed by atoms with E-state index in [4.69, 9.17) is 16.9 Å². The lowest BCUT2D eigenvalue weighted by Crippen LogP contribution is -2.45. The smallest absolute Gasteiger partial charge is 0.238 e. The van der Waals surface area contributed by atoms with Crippen molar-refractivity contribution in [2.45, 2.75) is 60.3 Å². The van der Waals surface area contributed by atoms with E-state index in [9.17, 15) is 13.2 Å². The maximum Gasteiger partial charge on any atom is 0.238 e. The van der Waals surface area contributed by atoms with Crippen LogP contribution in [0, 0.1) is 11.3 Å². The van der Waals surface area contributed by atoms with E-state index >= 15 is 0 Å². The minimum Gasteiger partial charge on any atom is -0.371 e. The third-order valence-corrected chi connectivity index (χ3v) is 8.75. The maximum absolute atomic E-state index is 13.1. The van der Waals surface area contributed by atoms with Crippen molar-refractivity contribution < 1.29 is 13.2 Å². The third kappa shape index (κ3) is 4.09. The first-order chi connectivity index (χ1) is 13.8. The van der Waals surface area contributed by atoms with Gasteiger partial charge in [0.1, 0.15) is 5.54 Å². The van der Waals surface area contributed by atoms with Gasteiger partial charge < -0.3 is 15.5 Å². The van der Waals surface area contributed by atoms with Crippen LogP contribution in [0.4, 0.5) is 5.69 Å². The van der Waals surface area contributed by atoms with E-state index in [0.717, 1.165) is 31.6 Å². The monoisotopic (exact) mass is 436 g/mol. The molecule has 2 saturated heterocycles. The average Bonchev–Trinajstić information content (AvgIpc) is 3.30. The lowest BCUT2D eigenvalue weighted by molar-refractivity contribution is -0.123. The number of halogens is 1. The molecule has 156 valence electrons. The maximum atomic E-state index is 13.1. The Morgan fingerprint density at radius 2 is 2.00 bits per heavy atom. The number of hydrogen-bond donors (Lipinski definition) is 2. The number of nitrogens with zero attached hydrogens (tertiary/aromatic N) is 2. The molecule has 2 aliphatic heterocycles.